The highest BCUT2D eigenvalue weighted by Crippen LogP contribution is 2.37. The summed E-state index contributed by atoms with van der Waals surface area (Å²) in [5, 5.41) is 4.14. The number of aromatic amines is 1. The highest BCUT2D eigenvalue weighted by atomic mass is 35.5. The van der Waals surface area contributed by atoms with Gasteiger partial charge >= 0.3 is 0 Å². The first-order valence-corrected chi connectivity index (χ1v) is 8.47. The summed E-state index contributed by atoms with van der Waals surface area (Å²) in [6.07, 6.45) is 3.29. The van der Waals surface area contributed by atoms with Crippen molar-refractivity contribution in [3.63, 3.8) is 0 Å². The van der Waals surface area contributed by atoms with Crippen LogP contribution in [0.25, 0.3) is 22.4 Å². The Morgan fingerprint density at radius 2 is 1.88 bits per heavy atom. The fourth-order valence-corrected chi connectivity index (χ4v) is 3.22. The van der Waals surface area contributed by atoms with Gasteiger partial charge < -0.3 is 10.3 Å². The third kappa shape index (κ3) is 2.73. The number of pyridine rings is 1. The highest BCUT2D eigenvalue weighted by Gasteiger charge is 2.30. The quantitative estimate of drug-likeness (QED) is 0.675. The topological polar surface area (TPSA) is 70.7 Å². The molecule has 2 heterocycles. The third-order valence-corrected chi connectivity index (χ3v) is 4.78. The molecule has 2 N–H and O–H groups in total. The summed E-state index contributed by atoms with van der Waals surface area (Å²) in [7, 11) is 0. The highest BCUT2D eigenvalue weighted by molar-refractivity contribution is 6.39. The summed E-state index contributed by atoms with van der Waals surface area (Å²) in [6, 6.07) is 5.21. The molecule has 5 nitrogen and oxygen atoms in total. The molecule has 8 heteroatoms. The number of nitrogens with zero attached hydrogens (tertiary/aromatic N) is 2. The molecule has 0 radical (unpaired) electrons. The standard InChI is InChI=1S/C16H11Cl3N4O/c17-8-2-1-3-9(18)11(8)14-21-12-10(19)6-20-15(13(12)22-14)23-16(24)7-4-5-7/h1-3,6-7H,4-5H2,(H,21,22)(H,20,23,24). The fraction of sp³-hybridized carbons (Fsp3) is 0.188. The largest absolute Gasteiger partial charge is 0.336 e. The van der Waals surface area contributed by atoms with E-state index in [0.717, 1.165) is 12.8 Å². The van der Waals surface area contributed by atoms with Crippen LogP contribution in [-0.4, -0.2) is 20.9 Å². The van der Waals surface area contributed by atoms with Gasteiger partial charge in [-0.3, -0.25) is 4.79 Å². The maximum Gasteiger partial charge on any atom is 0.228 e. The number of anilines is 1. The normalized spacial score (nSPS) is 14.1. The molecule has 0 spiro atoms. The number of carbonyl (C=O) groups is 1. The summed E-state index contributed by atoms with van der Waals surface area (Å²) in [6.45, 7) is 0. The van der Waals surface area contributed by atoms with Crippen molar-refractivity contribution >= 4 is 57.6 Å². The number of nitrogens with one attached hydrogen (secondary N) is 2. The second kappa shape index (κ2) is 5.92. The Hall–Kier alpha value is -1.82. The zero-order chi connectivity index (χ0) is 16.8. The van der Waals surface area contributed by atoms with Gasteiger partial charge in [0.15, 0.2) is 5.82 Å². The van der Waals surface area contributed by atoms with E-state index in [2.05, 4.69) is 20.3 Å². The molecule has 24 heavy (non-hydrogen) atoms. The van der Waals surface area contributed by atoms with Crippen molar-refractivity contribution in [3.8, 4) is 11.4 Å². The van der Waals surface area contributed by atoms with E-state index >= 15 is 0 Å². The molecule has 1 amide bonds. The Bertz CT molecular complexity index is 945. The van der Waals surface area contributed by atoms with Crippen LogP contribution in [0.5, 0.6) is 0 Å². The van der Waals surface area contributed by atoms with E-state index in [1.54, 1.807) is 18.2 Å². The molecule has 0 atom stereocenters. The molecule has 1 aliphatic rings. The first kappa shape index (κ1) is 15.7. The van der Waals surface area contributed by atoms with Crippen molar-refractivity contribution in [2.45, 2.75) is 12.8 Å². The van der Waals surface area contributed by atoms with Crippen LogP contribution in [0.2, 0.25) is 15.1 Å². The van der Waals surface area contributed by atoms with E-state index in [-0.39, 0.29) is 11.8 Å². The minimum absolute atomic E-state index is 0.0496. The third-order valence-electron chi connectivity index (χ3n) is 3.86. The second-order valence-electron chi connectivity index (χ2n) is 5.62. The van der Waals surface area contributed by atoms with Crippen molar-refractivity contribution in [3.05, 3.63) is 39.5 Å². The van der Waals surface area contributed by atoms with Crippen LogP contribution in [0.4, 0.5) is 5.82 Å². The first-order chi connectivity index (χ1) is 11.5. The number of rotatable bonds is 3. The molecule has 0 saturated heterocycles. The van der Waals surface area contributed by atoms with Gasteiger partial charge in [0.25, 0.3) is 0 Å². The maximum absolute atomic E-state index is 12.0. The van der Waals surface area contributed by atoms with Crippen molar-refractivity contribution in [2.24, 2.45) is 5.92 Å². The zero-order valence-electron chi connectivity index (χ0n) is 12.2. The number of halogens is 3. The van der Waals surface area contributed by atoms with Crippen LogP contribution in [0.3, 0.4) is 0 Å². The molecule has 1 saturated carbocycles. The van der Waals surface area contributed by atoms with Gasteiger partial charge in [-0.15, -0.1) is 0 Å². The molecule has 3 aromatic rings. The van der Waals surface area contributed by atoms with Gasteiger partial charge in [-0.2, -0.15) is 0 Å². The first-order valence-electron chi connectivity index (χ1n) is 7.34. The molecule has 0 bridgehead atoms. The minimum Gasteiger partial charge on any atom is -0.336 e. The number of benzene rings is 1. The predicted octanol–water partition coefficient (Wildman–Crippen LogP) is 4.93. The molecule has 1 fully saturated rings. The molecular weight excluding hydrogens is 371 g/mol. The number of hydrogen-bond donors (Lipinski definition) is 2. The van der Waals surface area contributed by atoms with Crippen LogP contribution in [0, 0.1) is 5.92 Å². The summed E-state index contributed by atoms with van der Waals surface area (Å²) in [5.41, 5.74) is 1.62. The molecule has 2 aromatic heterocycles. The lowest BCUT2D eigenvalue weighted by Crippen LogP contribution is -2.14. The van der Waals surface area contributed by atoms with Gasteiger partial charge in [0, 0.05) is 5.92 Å². The number of aromatic nitrogens is 3. The number of H-pyrrole nitrogens is 1. The van der Waals surface area contributed by atoms with Gasteiger partial charge in [-0.25, -0.2) is 9.97 Å². The SMILES string of the molecule is O=C(Nc1ncc(Cl)c2[nH]c(-c3c(Cl)cccc3Cl)nc12)C1CC1. The fourth-order valence-electron chi connectivity index (χ4n) is 2.46. The maximum atomic E-state index is 12.0. The van der Waals surface area contributed by atoms with E-state index in [4.69, 9.17) is 34.8 Å². The minimum atomic E-state index is -0.0496. The molecule has 122 valence electrons. The monoisotopic (exact) mass is 380 g/mol. The molecule has 1 aromatic carbocycles. The smallest absolute Gasteiger partial charge is 0.228 e. The summed E-state index contributed by atoms with van der Waals surface area (Å²) < 4.78 is 0. The average molecular weight is 382 g/mol. The Balaban J connectivity index is 1.85. The number of fused-ring (bicyclic) bond motifs is 1. The van der Waals surface area contributed by atoms with Gasteiger partial charge in [0.05, 0.1) is 32.3 Å². The average Bonchev–Trinajstić information content (AvgIpc) is 3.30. The van der Waals surface area contributed by atoms with E-state index < -0.39 is 0 Å². The molecule has 4 rings (SSSR count). The summed E-state index contributed by atoms with van der Waals surface area (Å²) in [4.78, 5) is 23.8. The van der Waals surface area contributed by atoms with Crippen molar-refractivity contribution < 1.29 is 4.79 Å². The van der Waals surface area contributed by atoms with E-state index in [0.29, 0.717) is 43.3 Å². The van der Waals surface area contributed by atoms with Crippen molar-refractivity contribution in [1.82, 2.24) is 15.0 Å². The molecular formula is C16H11Cl3N4O. The van der Waals surface area contributed by atoms with E-state index in [9.17, 15) is 4.79 Å². The molecule has 0 aliphatic heterocycles. The van der Waals surface area contributed by atoms with Crippen molar-refractivity contribution in [1.29, 1.82) is 0 Å². The number of hydrogen-bond acceptors (Lipinski definition) is 3. The van der Waals surface area contributed by atoms with Crippen LogP contribution in [-0.2, 0) is 4.79 Å². The lowest BCUT2D eigenvalue weighted by molar-refractivity contribution is -0.117. The van der Waals surface area contributed by atoms with Crippen LogP contribution < -0.4 is 5.32 Å². The van der Waals surface area contributed by atoms with Gasteiger partial charge in [0.1, 0.15) is 11.3 Å². The van der Waals surface area contributed by atoms with Gasteiger partial charge in [0.2, 0.25) is 5.91 Å². The molecule has 1 aliphatic carbocycles. The number of imidazole rings is 1. The zero-order valence-corrected chi connectivity index (χ0v) is 14.5. The second-order valence-corrected chi connectivity index (χ2v) is 6.85. The Kier molecular flexibility index (Phi) is 3.87. The van der Waals surface area contributed by atoms with Gasteiger partial charge in [-0.1, -0.05) is 40.9 Å². The Morgan fingerprint density at radius 1 is 1.17 bits per heavy atom. The number of amides is 1. The Morgan fingerprint density at radius 3 is 2.54 bits per heavy atom. The number of carbonyl (C=O) groups excluding carboxylic acids is 1. The van der Waals surface area contributed by atoms with Gasteiger partial charge in [-0.05, 0) is 25.0 Å². The predicted molar refractivity (Wildman–Crippen MR) is 95.7 cm³/mol. The summed E-state index contributed by atoms with van der Waals surface area (Å²) >= 11 is 18.7. The molecule has 0 unspecified atom stereocenters. The lowest BCUT2D eigenvalue weighted by Gasteiger charge is -2.04. The van der Waals surface area contributed by atoms with Crippen LogP contribution >= 0.6 is 34.8 Å². The van der Waals surface area contributed by atoms with E-state index in [1.165, 1.54) is 6.20 Å². The van der Waals surface area contributed by atoms with Crippen molar-refractivity contribution in [2.75, 3.05) is 5.32 Å². The lowest BCUT2D eigenvalue weighted by atomic mass is 10.2. The summed E-state index contributed by atoms with van der Waals surface area (Å²) in [5.74, 6) is 0.856. The van der Waals surface area contributed by atoms with E-state index in [1.807, 2.05) is 0 Å². The Labute approximate surface area is 152 Å². The van der Waals surface area contributed by atoms with Crippen LogP contribution in [0.1, 0.15) is 12.8 Å². The van der Waals surface area contributed by atoms with Crippen LogP contribution in [0.15, 0.2) is 24.4 Å².